The van der Waals surface area contributed by atoms with Crippen molar-refractivity contribution in [2.75, 3.05) is 5.32 Å². The molecule has 23 heavy (non-hydrogen) atoms. The molecule has 0 unspecified atom stereocenters. The van der Waals surface area contributed by atoms with Crippen LogP contribution in [0.4, 0.5) is 5.69 Å². The van der Waals surface area contributed by atoms with Gasteiger partial charge in [-0.25, -0.2) is 9.78 Å². The van der Waals surface area contributed by atoms with Gasteiger partial charge in [-0.15, -0.1) is 0 Å². The highest BCUT2D eigenvalue weighted by Gasteiger charge is 2.19. The Morgan fingerprint density at radius 1 is 1.00 bits per heavy atom. The molecular weight excluding hydrogens is 292 g/mol. The van der Waals surface area contributed by atoms with E-state index in [0.29, 0.717) is 11.4 Å². The fourth-order valence-corrected chi connectivity index (χ4v) is 2.42. The molecule has 0 aliphatic rings. The number of carbonyl (C=O) groups excluding carboxylic acids is 1. The van der Waals surface area contributed by atoms with Gasteiger partial charge in [0.1, 0.15) is 5.69 Å². The maximum Gasteiger partial charge on any atom is 0.338 e. The van der Waals surface area contributed by atoms with Crippen LogP contribution >= 0.6 is 0 Å². The minimum atomic E-state index is -1.18. The molecule has 1 aromatic heterocycles. The molecule has 0 aliphatic heterocycles. The van der Waals surface area contributed by atoms with E-state index in [9.17, 15) is 14.7 Å². The first-order valence-electron chi connectivity index (χ1n) is 7.06. The first-order valence-corrected chi connectivity index (χ1v) is 7.06. The number of pyridine rings is 1. The predicted molar refractivity (Wildman–Crippen MR) is 87.8 cm³/mol. The Labute approximate surface area is 132 Å². The number of hydrogen-bond acceptors (Lipinski definition) is 3. The van der Waals surface area contributed by atoms with Crippen LogP contribution in [0.25, 0.3) is 10.8 Å². The Balaban J connectivity index is 2.02. The van der Waals surface area contributed by atoms with E-state index in [2.05, 4.69) is 10.3 Å². The molecule has 3 aromatic rings. The van der Waals surface area contributed by atoms with Crippen LogP contribution in [0.15, 0.2) is 54.6 Å². The fraction of sp³-hybridized carbons (Fsp3) is 0.0556. The number of aryl methyl sites for hydroxylation is 1. The number of rotatable bonds is 3. The lowest BCUT2D eigenvalue weighted by Gasteiger charge is -2.10. The van der Waals surface area contributed by atoms with E-state index in [-0.39, 0.29) is 11.3 Å². The zero-order valence-electron chi connectivity index (χ0n) is 12.4. The zero-order chi connectivity index (χ0) is 16.4. The molecular formula is C18H14N2O3. The summed E-state index contributed by atoms with van der Waals surface area (Å²) in [6, 6.07) is 16.1. The zero-order valence-corrected chi connectivity index (χ0v) is 12.4. The Morgan fingerprint density at radius 2 is 1.74 bits per heavy atom. The second-order valence-corrected chi connectivity index (χ2v) is 5.13. The van der Waals surface area contributed by atoms with Gasteiger partial charge in [0.25, 0.3) is 5.91 Å². The van der Waals surface area contributed by atoms with Crippen LogP contribution in [0.2, 0.25) is 0 Å². The number of carbonyl (C=O) groups is 2. The summed E-state index contributed by atoms with van der Waals surface area (Å²) < 4.78 is 0. The lowest BCUT2D eigenvalue weighted by Crippen LogP contribution is -2.19. The summed E-state index contributed by atoms with van der Waals surface area (Å²) in [5, 5.41) is 13.9. The van der Waals surface area contributed by atoms with E-state index in [0.717, 1.165) is 10.8 Å². The molecule has 2 aromatic carbocycles. The van der Waals surface area contributed by atoms with Crippen molar-refractivity contribution in [3.63, 3.8) is 0 Å². The summed E-state index contributed by atoms with van der Waals surface area (Å²) in [7, 11) is 0. The van der Waals surface area contributed by atoms with Gasteiger partial charge in [0.15, 0.2) is 0 Å². The molecule has 0 bridgehead atoms. The molecule has 114 valence electrons. The van der Waals surface area contributed by atoms with E-state index in [4.69, 9.17) is 0 Å². The lowest BCUT2D eigenvalue weighted by atomic mass is 10.1. The van der Waals surface area contributed by atoms with Crippen molar-refractivity contribution >= 4 is 28.3 Å². The smallest absolute Gasteiger partial charge is 0.338 e. The number of aromatic nitrogens is 1. The average molecular weight is 306 g/mol. The van der Waals surface area contributed by atoms with Gasteiger partial charge in [-0.2, -0.15) is 0 Å². The van der Waals surface area contributed by atoms with Crippen LogP contribution in [0.1, 0.15) is 26.5 Å². The summed E-state index contributed by atoms with van der Waals surface area (Å²) in [5.41, 5.74) is 0.990. The SMILES string of the molecule is Cc1ccc(C(=O)O)c(C(=O)Nc2cccc3ccccc23)n1. The molecule has 0 spiro atoms. The van der Waals surface area contributed by atoms with Crippen LogP contribution in [0.3, 0.4) is 0 Å². The second kappa shape index (κ2) is 5.88. The molecule has 0 fully saturated rings. The number of nitrogens with one attached hydrogen (secondary N) is 1. The maximum atomic E-state index is 12.5. The minimum absolute atomic E-state index is 0.0922. The van der Waals surface area contributed by atoms with Crippen molar-refractivity contribution < 1.29 is 14.7 Å². The molecule has 1 amide bonds. The first kappa shape index (κ1) is 14.7. The highest BCUT2D eigenvalue weighted by Crippen LogP contribution is 2.23. The third-order valence-electron chi connectivity index (χ3n) is 3.52. The van der Waals surface area contributed by atoms with Gasteiger partial charge in [0.2, 0.25) is 0 Å². The third kappa shape index (κ3) is 2.89. The number of aromatic carboxylic acids is 1. The molecule has 0 radical (unpaired) electrons. The highest BCUT2D eigenvalue weighted by molar-refractivity contribution is 6.12. The van der Waals surface area contributed by atoms with E-state index in [1.165, 1.54) is 6.07 Å². The molecule has 0 saturated carbocycles. The minimum Gasteiger partial charge on any atom is -0.478 e. The number of nitrogens with zero attached hydrogens (tertiary/aromatic N) is 1. The summed E-state index contributed by atoms with van der Waals surface area (Å²) in [6.45, 7) is 1.71. The van der Waals surface area contributed by atoms with Crippen LogP contribution in [0.5, 0.6) is 0 Å². The van der Waals surface area contributed by atoms with Gasteiger partial charge < -0.3 is 10.4 Å². The Morgan fingerprint density at radius 3 is 2.52 bits per heavy atom. The highest BCUT2D eigenvalue weighted by atomic mass is 16.4. The Hall–Kier alpha value is -3.21. The van der Waals surface area contributed by atoms with E-state index < -0.39 is 11.9 Å². The Kier molecular flexibility index (Phi) is 3.76. The molecule has 5 nitrogen and oxygen atoms in total. The molecule has 2 N–H and O–H groups in total. The van der Waals surface area contributed by atoms with Gasteiger partial charge in [-0.1, -0.05) is 36.4 Å². The summed E-state index contributed by atoms with van der Waals surface area (Å²) >= 11 is 0. The van der Waals surface area contributed by atoms with Crippen molar-refractivity contribution in [1.82, 2.24) is 4.98 Å². The maximum absolute atomic E-state index is 12.5. The van der Waals surface area contributed by atoms with E-state index >= 15 is 0 Å². The van der Waals surface area contributed by atoms with E-state index in [1.807, 2.05) is 36.4 Å². The molecule has 3 rings (SSSR count). The van der Waals surface area contributed by atoms with Gasteiger partial charge >= 0.3 is 5.97 Å². The molecule has 5 heteroatoms. The number of benzene rings is 2. The summed E-state index contributed by atoms with van der Waals surface area (Å²) in [5.74, 6) is -1.72. The van der Waals surface area contributed by atoms with Crippen LogP contribution in [-0.4, -0.2) is 22.0 Å². The lowest BCUT2D eigenvalue weighted by molar-refractivity contribution is 0.0691. The molecule has 0 saturated heterocycles. The second-order valence-electron chi connectivity index (χ2n) is 5.13. The number of amides is 1. The topological polar surface area (TPSA) is 79.3 Å². The summed E-state index contributed by atoms with van der Waals surface area (Å²) in [6.07, 6.45) is 0. The van der Waals surface area contributed by atoms with Crippen LogP contribution < -0.4 is 5.32 Å². The fourth-order valence-electron chi connectivity index (χ4n) is 2.42. The normalized spacial score (nSPS) is 10.5. The predicted octanol–water partition coefficient (Wildman–Crippen LogP) is 3.49. The van der Waals surface area contributed by atoms with Crippen molar-refractivity contribution in [2.45, 2.75) is 6.92 Å². The molecule has 1 heterocycles. The largest absolute Gasteiger partial charge is 0.478 e. The van der Waals surface area contributed by atoms with Crippen molar-refractivity contribution in [1.29, 1.82) is 0 Å². The standard InChI is InChI=1S/C18H14N2O3/c1-11-9-10-14(18(22)23)16(19-11)17(21)20-15-8-4-6-12-5-2-3-7-13(12)15/h2-10H,1H3,(H,20,21)(H,22,23). The number of anilines is 1. The van der Waals surface area contributed by atoms with Gasteiger partial charge in [0, 0.05) is 16.8 Å². The van der Waals surface area contributed by atoms with Crippen LogP contribution in [0, 0.1) is 6.92 Å². The number of carboxylic acids is 1. The first-order chi connectivity index (χ1) is 11.1. The summed E-state index contributed by atoms with van der Waals surface area (Å²) in [4.78, 5) is 27.9. The molecule has 0 atom stereocenters. The van der Waals surface area contributed by atoms with Crippen molar-refractivity contribution in [2.24, 2.45) is 0 Å². The average Bonchev–Trinajstić information content (AvgIpc) is 2.54. The number of hydrogen-bond donors (Lipinski definition) is 2. The van der Waals surface area contributed by atoms with Crippen molar-refractivity contribution in [3.8, 4) is 0 Å². The van der Waals surface area contributed by atoms with Gasteiger partial charge in [-0.3, -0.25) is 4.79 Å². The quantitative estimate of drug-likeness (QED) is 0.776. The molecule has 0 aliphatic carbocycles. The van der Waals surface area contributed by atoms with E-state index in [1.54, 1.807) is 19.1 Å². The van der Waals surface area contributed by atoms with Gasteiger partial charge in [0.05, 0.1) is 5.56 Å². The third-order valence-corrected chi connectivity index (χ3v) is 3.52. The number of carboxylic acid groups (broad SMARTS) is 1. The van der Waals surface area contributed by atoms with Gasteiger partial charge in [-0.05, 0) is 30.5 Å². The Bertz CT molecular complexity index is 914. The monoisotopic (exact) mass is 306 g/mol. The van der Waals surface area contributed by atoms with Crippen molar-refractivity contribution in [3.05, 3.63) is 71.5 Å². The number of fused-ring (bicyclic) bond motifs is 1. The van der Waals surface area contributed by atoms with Crippen LogP contribution in [-0.2, 0) is 0 Å².